The molecule has 0 fully saturated rings. The molecule has 0 bridgehead atoms. The fourth-order valence-corrected chi connectivity index (χ4v) is 6.70. The zero-order valence-electron chi connectivity index (χ0n) is 38.7. The van der Waals surface area contributed by atoms with E-state index in [1.165, 1.54) is 77.0 Å². The number of carboxylic acid groups (broad SMARTS) is 1. The predicted molar refractivity (Wildman–Crippen MR) is 245 cm³/mol. The minimum Gasteiger partial charge on any atom is -0.544 e. The van der Waals surface area contributed by atoms with Gasteiger partial charge in [0.25, 0.3) is 0 Å². The van der Waals surface area contributed by atoms with E-state index >= 15 is 0 Å². The number of rotatable bonds is 42. The van der Waals surface area contributed by atoms with Crippen LogP contribution in [0.15, 0.2) is 60.8 Å². The lowest BCUT2D eigenvalue weighted by atomic mass is 10.1. The Morgan fingerprint density at radius 2 is 0.949 bits per heavy atom. The van der Waals surface area contributed by atoms with Crippen LogP contribution in [0.3, 0.4) is 0 Å². The third kappa shape index (κ3) is 40.2. The minimum absolute atomic E-state index is 0.0333. The Morgan fingerprint density at radius 3 is 1.42 bits per heavy atom. The summed E-state index contributed by atoms with van der Waals surface area (Å²) in [6, 6.07) is -0.730. The van der Waals surface area contributed by atoms with Crippen molar-refractivity contribution in [3.8, 4) is 0 Å². The van der Waals surface area contributed by atoms with Crippen LogP contribution in [0, 0.1) is 0 Å². The first-order valence-corrected chi connectivity index (χ1v) is 23.8. The van der Waals surface area contributed by atoms with Gasteiger partial charge in [0, 0.05) is 19.3 Å². The summed E-state index contributed by atoms with van der Waals surface area (Å²) < 4.78 is 17.2. The number of hydrogen-bond donors (Lipinski definition) is 0. The molecule has 0 radical (unpaired) electrons. The number of likely N-dealkylation sites (N-methyl/N-ethyl adjacent to an activating group) is 1. The third-order valence-corrected chi connectivity index (χ3v) is 10.4. The Morgan fingerprint density at radius 1 is 0.525 bits per heavy atom. The topological polar surface area (TPSA) is 102 Å². The minimum atomic E-state index is -1.13. The van der Waals surface area contributed by atoms with Crippen molar-refractivity contribution in [1.82, 2.24) is 0 Å². The molecule has 2 unspecified atom stereocenters. The highest BCUT2D eigenvalue weighted by molar-refractivity contribution is 5.70. The zero-order valence-corrected chi connectivity index (χ0v) is 38.7. The van der Waals surface area contributed by atoms with Gasteiger partial charge in [-0.2, -0.15) is 0 Å². The van der Waals surface area contributed by atoms with E-state index < -0.39 is 18.1 Å². The van der Waals surface area contributed by atoms with Crippen LogP contribution in [0.25, 0.3) is 0 Å². The number of unbranched alkanes of at least 4 members (excludes halogenated alkanes) is 18. The largest absolute Gasteiger partial charge is 0.544 e. The van der Waals surface area contributed by atoms with Gasteiger partial charge in [-0.1, -0.05) is 158 Å². The summed E-state index contributed by atoms with van der Waals surface area (Å²) in [7, 11) is 5.40. The average molecular weight is 828 g/mol. The quantitative estimate of drug-likeness (QED) is 0.0261. The lowest BCUT2D eigenvalue weighted by molar-refractivity contribution is -0.889. The first-order chi connectivity index (χ1) is 28.6. The summed E-state index contributed by atoms with van der Waals surface area (Å²) >= 11 is 0. The molecule has 0 saturated heterocycles. The molecular weight excluding hydrogens is 739 g/mol. The number of quaternary nitrogens is 1. The zero-order chi connectivity index (χ0) is 43.5. The van der Waals surface area contributed by atoms with Crippen molar-refractivity contribution in [3.63, 3.8) is 0 Å². The van der Waals surface area contributed by atoms with Gasteiger partial charge in [0.15, 0.2) is 6.10 Å². The van der Waals surface area contributed by atoms with Crippen molar-refractivity contribution >= 4 is 17.9 Å². The van der Waals surface area contributed by atoms with E-state index in [0.29, 0.717) is 12.8 Å². The van der Waals surface area contributed by atoms with Crippen LogP contribution in [0.5, 0.6) is 0 Å². The number of allylic oxidation sites excluding steroid dienone is 10. The van der Waals surface area contributed by atoms with Crippen molar-refractivity contribution in [3.05, 3.63) is 60.8 Å². The van der Waals surface area contributed by atoms with Gasteiger partial charge in [-0.3, -0.25) is 9.59 Å². The standard InChI is InChI=1S/C51H89NO7/c1-6-8-10-12-14-16-18-20-22-23-24-25-26-27-28-30-32-34-36-38-40-42-50(54)59-47(45-57-44-43-48(51(55)56)52(3,4)5)46-58-49(53)41-39-37-35-33-31-29-21-19-17-15-13-11-9-7-2/h8,10,14,16,19-22,24-25,47-48H,6-7,9,11-13,15,17-18,23,26-46H2,1-5H3/b10-8-,16-14-,21-19-,22-20-,25-24-. The summed E-state index contributed by atoms with van der Waals surface area (Å²) in [5.41, 5.74) is 0. The van der Waals surface area contributed by atoms with Crippen LogP contribution in [-0.2, 0) is 28.6 Å². The molecule has 0 spiro atoms. The normalized spacial score (nSPS) is 13.4. The Labute approximate surface area is 362 Å². The second kappa shape index (κ2) is 41.8. The van der Waals surface area contributed by atoms with E-state index in [0.717, 1.165) is 83.5 Å². The molecule has 8 nitrogen and oxygen atoms in total. The molecule has 59 heavy (non-hydrogen) atoms. The smallest absolute Gasteiger partial charge is 0.306 e. The highest BCUT2D eigenvalue weighted by Gasteiger charge is 2.25. The summed E-state index contributed by atoms with van der Waals surface area (Å²) in [6.45, 7) is 4.52. The van der Waals surface area contributed by atoms with Gasteiger partial charge in [0.1, 0.15) is 12.6 Å². The first-order valence-electron chi connectivity index (χ1n) is 23.8. The van der Waals surface area contributed by atoms with Crippen LogP contribution >= 0.6 is 0 Å². The molecular formula is C51H89NO7. The average Bonchev–Trinajstić information content (AvgIpc) is 3.19. The van der Waals surface area contributed by atoms with Gasteiger partial charge in [-0.15, -0.1) is 0 Å². The molecule has 2 atom stereocenters. The van der Waals surface area contributed by atoms with E-state index in [4.69, 9.17) is 14.2 Å². The molecule has 0 aliphatic rings. The van der Waals surface area contributed by atoms with E-state index in [9.17, 15) is 19.5 Å². The van der Waals surface area contributed by atoms with Crippen LogP contribution in [0.2, 0.25) is 0 Å². The molecule has 0 aromatic carbocycles. The second-order valence-corrected chi connectivity index (χ2v) is 17.0. The summed E-state index contributed by atoms with van der Waals surface area (Å²) in [5.74, 6) is -1.76. The molecule has 0 aromatic heterocycles. The maximum Gasteiger partial charge on any atom is 0.306 e. The Balaban J connectivity index is 4.31. The van der Waals surface area contributed by atoms with E-state index in [-0.39, 0.29) is 42.7 Å². The van der Waals surface area contributed by atoms with Crippen LogP contribution in [0.4, 0.5) is 0 Å². The molecule has 0 aliphatic carbocycles. The molecule has 0 aromatic rings. The van der Waals surface area contributed by atoms with Crippen molar-refractivity contribution in [1.29, 1.82) is 0 Å². The number of carbonyl (C=O) groups excluding carboxylic acids is 3. The number of nitrogens with zero attached hydrogens (tertiary/aromatic N) is 1. The Bertz CT molecular complexity index is 1150. The van der Waals surface area contributed by atoms with Crippen molar-refractivity contribution in [2.45, 2.75) is 206 Å². The van der Waals surface area contributed by atoms with Crippen molar-refractivity contribution in [2.75, 3.05) is 41.0 Å². The van der Waals surface area contributed by atoms with Gasteiger partial charge in [-0.05, 0) is 77.0 Å². The van der Waals surface area contributed by atoms with Gasteiger partial charge in [0.05, 0.1) is 40.3 Å². The lowest BCUT2D eigenvalue weighted by Crippen LogP contribution is -2.55. The highest BCUT2D eigenvalue weighted by Crippen LogP contribution is 2.14. The fourth-order valence-electron chi connectivity index (χ4n) is 6.70. The van der Waals surface area contributed by atoms with Crippen LogP contribution in [-0.4, -0.2) is 75.5 Å². The maximum atomic E-state index is 12.8. The molecule has 0 aliphatic heterocycles. The number of ether oxygens (including phenoxy) is 3. The second-order valence-electron chi connectivity index (χ2n) is 17.0. The lowest BCUT2D eigenvalue weighted by Gasteiger charge is -2.34. The van der Waals surface area contributed by atoms with Gasteiger partial charge >= 0.3 is 11.9 Å². The SMILES string of the molecule is CC/C=C\C/C=C\C/C=C\C/C=C\CCCCCCCCCCC(=O)OC(COCCC(C(=O)[O-])[N+](C)(C)C)COC(=O)CCCCCCC/C=C\CCCCCCC. The molecule has 8 heteroatoms. The van der Waals surface area contributed by atoms with Crippen molar-refractivity contribution in [2.24, 2.45) is 0 Å². The van der Waals surface area contributed by atoms with Crippen molar-refractivity contribution < 1.29 is 38.2 Å². The molecule has 0 heterocycles. The molecule has 340 valence electrons. The molecule has 0 amide bonds. The third-order valence-electron chi connectivity index (χ3n) is 10.4. The van der Waals surface area contributed by atoms with Gasteiger partial charge < -0.3 is 28.6 Å². The summed E-state index contributed by atoms with van der Waals surface area (Å²) in [6.07, 6.45) is 51.0. The number of hydrogen-bond acceptors (Lipinski definition) is 7. The molecule has 0 N–H and O–H groups in total. The molecule has 0 rings (SSSR count). The van der Waals surface area contributed by atoms with Crippen LogP contribution in [0.1, 0.15) is 194 Å². The first kappa shape index (κ1) is 56.0. The predicted octanol–water partition coefficient (Wildman–Crippen LogP) is 12.0. The van der Waals surface area contributed by atoms with E-state index in [2.05, 4.69) is 74.6 Å². The Hall–Kier alpha value is -2.97. The maximum absolute atomic E-state index is 12.8. The summed E-state index contributed by atoms with van der Waals surface area (Å²) in [5, 5.41) is 11.6. The number of carbonyl (C=O) groups is 3. The fraction of sp³-hybridized carbons (Fsp3) is 0.745. The van der Waals surface area contributed by atoms with Gasteiger partial charge in [-0.25, -0.2) is 0 Å². The number of aliphatic carboxylic acids is 1. The number of esters is 2. The monoisotopic (exact) mass is 828 g/mol. The van der Waals surface area contributed by atoms with E-state index in [1.54, 1.807) is 21.1 Å². The van der Waals surface area contributed by atoms with Gasteiger partial charge in [0.2, 0.25) is 0 Å². The Kier molecular flexibility index (Phi) is 39.6. The van der Waals surface area contributed by atoms with Crippen LogP contribution < -0.4 is 5.11 Å². The van der Waals surface area contributed by atoms with E-state index in [1.807, 2.05) is 0 Å². The highest BCUT2D eigenvalue weighted by atomic mass is 16.6. The molecule has 0 saturated carbocycles. The number of carboxylic acids is 1. The summed E-state index contributed by atoms with van der Waals surface area (Å²) in [4.78, 5) is 36.9.